The van der Waals surface area contributed by atoms with Gasteiger partial charge in [0, 0.05) is 12.6 Å². The number of fused-ring (bicyclic) bond motifs is 1. The molecule has 16 heavy (non-hydrogen) atoms. The summed E-state index contributed by atoms with van der Waals surface area (Å²) in [5.41, 5.74) is 1.20. The smallest absolute Gasteiger partial charge is 0.232 e. The minimum Gasteiger partial charge on any atom is -0.338 e. The van der Waals surface area contributed by atoms with Gasteiger partial charge in [-0.15, -0.1) is 0 Å². The highest BCUT2D eigenvalue weighted by Gasteiger charge is 2.47. The predicted octanol–water partition coefficient (Wildman–Crippen LogP) is 2.56. The molecule has 1 aromatic carbocycles. The summed E-state index contributed by atoms with van der Waals surface area (Å²) >= 11 is 0. The van der Waals surface area contributed by atoms with E-state index in [1.54, 1.807) is 0 Å². The Morgan fingerprint density at radius 2 is 1.88 bits per heavy atom. The molecule has 2 atom stereocenters. The molecule has 0 radical (unpaired) electrons. The van der Waals surface area contributed by atoms with Gasteiger partial charge in [-0.3, -0.25) is 4.79 Å². The Bertz CT molecular complexity index is 387. The summed E-state index contributed by atoms with van der Waals surface area (Å²) in [6.07, 6.45) is 4.93. The first kappa shape index (κ1) is 9.88. The first-order chi connectivity index (χ1) is 7.88. The molecule has 0 unspecified atom stereocenters. The fraction of sp³-hybridized carbons (Fsp3) is 0.500. The van der Waals surface area contributed by atoms with E-state index in [0.717, 1.165) is 6.54 Å². The van der Waals surface area contributed by atoms with Gasteiger partial charge in [-0.05, 0) is 18.4 Å². The number of carbonyl (C=O) groups is 1. The van der Waals surface area contributed by atoms with Gasteiger partial charge in [-0.25, -0.2) is 0 Å². The van der Waals surface area contributed by atoms with Crippen LogP contribution in [0.15, 0.2) is 30.3 Å². The Kier molecular flexibility index (Phi) is 2.43. The third-order valence-corrected chi connectivity index (χ3v) is 3.89. The molecule has 0 saturated carbocycles. The minimum absolute atomic E-state index is 0.152. The van der Waals surface area contributed by atoms with E-state index in [1.165, 1.54) is 31.2 Å². The second-order valence-electron chi connectivity index (χ2n) is 4.84. The van der Waals surface area contributed by atoms with Gasteiger partial charge >= 0.3 is 0 Å². The van der Waals surface area contributed by atoms with Crippen LogP contribution in [-0.4, -0.2) is 23.4 Å². The molecule has 0 aliphatic carbocycles. The lowest BCUT2D eigenvalue weighted by Gasteiger charge is -2.46. The molecule has 2 saturated heterocycles. The van der Waals surface area contributed by atoms with Gasteiger partial charge in [0.1, 0.15) is 0 Å². The van der Waals surface area contributed by atoms with Crippen LogP contribution in [-0.2, 0) is 4.79 Å². The van der Waals surface area contributed by atoms with Crippen LogP contribution >= 0.6 is 0 Å². The number of benzene rings is 1. The van der Waals surface area contributed by atoms with Crippen molar-refractivity contribution in [3.8, 4) is 0 Å². The second kappa shape index (κ2) is 3.93. The van der Waals surface area contributed by atoms with Crippen molar-refractivity contribution in [3.63, 3.8) is 0 Å². The molecule has 0 N–H and O–H groups in total. The minimum atomic E-state index is 0.152. The largest absolute Gasteiger partial charge is 0.338 e. The van der Waals surface area contributed by atoms with Gasteiger partial charge in [0.2, 0.25) is 5.91 Å². The number of hydrogen-bond donors (Lipinski definition) is 0. The highest BCUT2D eigenvalue weighted by Crippen LogP contribution is 2.40. The standard InChI is InChI=1S/C14H17NO/c16-14-13(11-7-3-1-4-8-11)12-9-5-2-6-10-15(12)14/h1,3-4,7-8,12-13H,2,5-6,9-10H2/t12-,13-/m1/s1. The summed E-state index contributed by atoms with van der Waals surface area (Å²) in [5, 5.41) is 0. The van der Waals surface area contributed by atoms with Gasteiger partial charge in [-0.2, -0.15) is 0 Å². The normalized spacial score (nSPS) is 29.2. The van der Waals surface area contributed by atoms with E-state index in [4.69, 9.17) is 0 Å². The SMILES string of the molecule is O=C1[C@H](c2ccccc2)[C@H]2CCCCCN12. The summed E-state index contributed by atoms with van der Waals surface area (Å²) in [6, 6.07) is 10.7. The van der Waals surface area contributed by atoms with Crippen LogP contribution in [0.4, 0.5) is 0 Å². The van der Waals surface area contributed by atoms with Crippen LogP contribution in [0, 0.1) is 0 Å². The monoisotopic (exact) mass is 215 g/mol. The van der Waals surface area contributed by atoms with E-state index in [9.17, 15) is 4.79 Å². The molecular formula is C14H17NO. The van der Waals surface area contributed by atoms with E-state index >= 15 is 0 Å². The predicted molar refractivity (Wildman–Crippen MR) is 63.2 cm³/mol. The van der Waals surface area contributed by atoms with Gasteiger partial charge < -0.3 is 4.90 Å². The Hall–Kier alpha value is -1.31. The van der Waals surface area contributed by atoms with Gasteiger partial charge in [0.25, 0.3) is 0 Å². The van der Waals surface area contributed by atoms with Crippen molar-refractivity contribution in [1.29, 1.82) is 0 Å². The van der Waals surface area contributed by atoms with Gasteiger partial charge in [0.05, 0.1) is 5.92 Å². The summed E-state index contributed by atoms with van der Waals surface area (Å²) in [6.45, 7) is 0.979. The van der Waals surface area contributed by atoms with Crippen LogP contribution in [0.5, 0.6) is 0 Å². The van der Waals surface area contributed by atoms with Crippen molar-refractivity contribution in [2.45, 2.75) is 37.6 Å². The molecule has 84 valence electrons. The quantitative estimate of drug-likeness (QED) is 0.659. The topological polar surface area (TPSA) is 20.3 Å². The number of rotatable bonds is 1. The average Bonchev–Trinajstić information content (AvgIpc) is 2.53. The number of nitrogens with zero attached hydrogens (tertiary/aromatic N) is 1. The van der Waals surface area contributed by atoms with Gasteiger partial charge in [0.15, 0.2) is 0 Å². The van der Waals surface area contributed by atoms with Crippen LogP contribution in [0.25, 0.3) is 0 Å². The molecule has 1 aromatic rings. The van der Waals surface area contributed by atoms with E-state index < -0.39 is 0 Å². The van der Waals surface area contributed by atoms with E-state index in [-0.39, 0.29) is 5.92 Å². The molecule has 2 heterocycles. The molecule has 2 aliphatic rings. The molecule has 2 nitrogen and oxygen atoms in total. The zero-order valence-corrected chi connectivity index (χ0v) is 9.43. The molecule has 0 spiro atoms. The molecule has 1 amide bonds. The molecule has 0 bridgehead atoms. The van der Waals surface area contributed by atoms with Crippen molar-refractivity contribution in [2.75, 3.05) is 6.54 Å². The zero-order chi connectivity index (χ0) is 11.0. The Labute approximate surface area is 96.3 Å². The zero-order valence-electron chi connectivity index (χ0n) is 9.43. The van der Waals surface area contributed by atoms with Crippen molar-refractivity contribution >= 4 is 5.91 Å². The number of hydrogen-bond acceptors (Lipinski definition) is 1. The maximum atomic E-state index is 12.1. The molecule has 2 aliphatic heterocycles. The van der Waals surface area contributed by atoms with E-state index in [2.05, 4.69) is 17.0 Å². The average molecular weight is 215 g/mol. The van der Waals surface area contributed by atoms with E-state index in [1.807, 2.05) is 18.2 Å². The van der Waals surface area contributed by atoms with E-state index in [0.29, 0.717) is 11.9 Å². The van der Waals surface area contributed by atoms with Crippen molar-refractivity contribution in [2.24, 2.45) is 0 Å². The fourth-order valence-corrected chi connectivity index (χ4v) is 3.04. The fourth-order valence-electron chi connectivity index (χ4n) is 3.04. The summed E-state index contributed by atoms with van der Waals surface area (Å²) in [5.74, 6) is 0.498. The van der Waals surface area contributed by atoms with Crippen molar-refractivity contribution in [3.05, 3.63) is 35.9 Å². The summed E-state index contributed by atoms with van der Waals surface area (Å²) in [4.78, 5) is 14.2. The first-order valence-electron chi connectivity index (χ1n) is 6.23. The molecule has 0 aromatic heterocycles. The summed E-state index contributed by atoms with van der Waals surface area (Å²) < 4.78 is 0. The lowest BCUT2D eigenvalue weighted by Crippen LogP contribution is -2.58. The number of β-lactam (4-membered cyclic amide) rings is 1. The van der Waals surface area contributed by atoms with Crippen LogP contribution in [0.2, 0.25) is 0 Å². The Morgan fingerprint density at radius 1 is 1.06 bits per heavy atom. The maximum absolute atomic E-state index is 12.1. The summed E-state index contributed by atoms with van der Waals surface area (Å²) in [7, 11) is 0. The third-order valence-electron chi connectivity index (χ3n) is 3.89. The molecule has 2 fully saturated rings. The van der Waals surface area contributed by atoms with Crippen molar-refractivity contribution in [1.82, 2.24) is 4.90 Å². The lowest BCUT2D eigenvalue weighted by molar-refractivity contribution is -0.149. The van der Waals surface area contributed by atoms with Crippen molar-refractivity contribution < 1.29 is 4.79 Å². The van der Waals surface area contributed by atoms with Gasteiger partial charge in [-0.1, -0.05) is 43.2 Å². The second-order valence-corrected chi connectivity index (χ2v) is 4.84. The highest BCUT2D eigenvalue weighted by molar-refractivity contribution is 5.91. The first-order valence-corrected chi connectivity index (χ1v) is 6.23. The maximum Gasteiger partial charge on any atom is 0.232 e. The lowest BCUT2D eigenvalue weighted by atomic mass is 9.80. The van der Waals surface area contributed by atoms with Crippen LogP contribution in [0.3, 0.4) is 0 Å². The highest BCUT2D eigenvalue weighted by atomic mass is 16.2. The molecular weight excluding hydrogens is 198 g/mol. The van der Waals surface area contributed by atoms with Crippen LogP contribution < -0.4 is 0 Å². The number of carbonyl (C=O) groups excluding carboxylic acids is 1. The Balaban J connectivity index is 1.84. The molecule has 2 heteroatoms. The molecule has 3 rings (SSSR count). The number of amides is 1. The van der Waals surface area contributed by atoms with Crippen LogP contribution in [0.1, 0.15) is 37.2 Å². The Morgan fingerprint density at radius 3 is 2.69 bits per heavy atom. The third kappa shape index (κ3) is 1.44.